The molecule has 1 aliphatic rings. The van der Waals surface area contributed by atoms with Gasteiger partial charge >= 0.3 is 0 Å². The molecule has 0 spiro atoms. The molecule has 1 fully saturated rings. The minimum Gasteiger partial charge on any atom is -0.380 e. The SMILES string of the molecule is O=C(c1ncc(Br)cn1)C1COC1. The minimum absolute atomic E-state index is 0.0289. The standard InChI is InChI=1S/C8H7BrN2O2/c9-6-1-10-8(11-2-6)7(12)5-3-13-4-5/h1-2,5H,3-4H2. The molecule has 0 atom stereocenters. The van der Waals surface area contributed by atoms with Gasteiger partial charge in [0.25, 0.3) is 0 Å². The van der Waals surface area contributed by atoms with E-state index in [1.54, 1.807) is 12.4 Å². The lowest BCUT2D eigenvalue weighted by Crippen LogP contribution is -2.35. The van der Waals surface area contributed by atoms with Crippen LogP contribution in [0.5, 0.6) is 0 Å². The maximum atomic E-state index is 11.5. The van der Waals surface area contributed by atoms with Gasteiger partial charge in [-0.05, 0) is 15.9 Å². The van der Waals surface area contributed by atoms with Crippen LogP contribution in [-0.4, -0.2) is 29.0 Å². The summed E-state index contributed by atoms with van der Waals surface area (Å²) in [4.78, 5) is 19.4. The van der Waals surface area contributed by atoms with Gasteiger partial charge in [-0.3, -0.25) is 4.79 Å². The van der Waals surface area contributed by atoms with Gasteiger partial charge < -0.3 is 4.74 Å². The normalized spacial score (nSPS) is 16.7. The summed E-state index contributed by atoms with van der Waals surface area (Å²) in [7, 11) is 0. The van der Waals surface area contributed by atoms with Crippen molar-refractivity contribution in [1.29, 1.82) is 0 Å². The van der Waals surface area contributed by atoms with Crippen molar-refractivity contribution in [3.8, 4) is 0 Å². The molecule has 1 aromatic rings. The zero-order chi connectivity index (χ0) is 9.26. The van der Waals surface area contributed by atoms with Crippen LogP contribution in [0.3, 0.4) is 0 Å². The van der Waals surface area contributed by atoms with Gasteiger partial charge in [-0.25, -0.2) is 9.97 Å². The first-order valence-corrected chi connectivity index (χ1v) is 4.66. The first-order valence-electron chi connectivity index (χ1n) is 3.87. The number of ketones is 1. The Bertz CT molecular complexity index is 321. The molecule has 2 heterocycles. The van der Waals surface area contributed by atoms with Crippen LogP contribution in [0.1, 0.15) is 10.6 Å². The molecule has 0 N–H and O–H groups in total. The molecule has 2 rings (SSSR count). The second-order valence-corrected chi connectivity index (χ2v) is 3.74. The largest absolute Gasteiger partial charge is 0.380 e. The molecule has 1 aromatic heterocycles. The van der Waals surface area contributed by atoms with E-state index in [1.807, 2.05) is 0 Å². The van der Waals surface area contributed by atoms with E-state index in [4.69, 9.17) is 4.74 Å². The number of Topliss-reactive ketones (excluding diaryl/α,β-unsaturated/α-hetero) is 1. The highest BCUT2D eigenvalue weighted by molar-refractivity contribution is 9.10. The Morgan fingerprint density at radius 2 is 2.08 bits per heavy atom. The van der Waals surface area contributed by atoms with E-state index in [-0.39, 0.29) is 17.5 Å². The van der Waals surface area contributed by atoms with Gasteiger partial charge in [0.2, 0.25) is 5.78 Å². The first-order chi connectivity index (χ1) is 6.27. The zero-order valence-corrected chi connectivity index (χ0v) is 8.32. The molecule has 0 saturated carbocycles. The Morgan fingerprint density at radius 3 is 2.54 bits per heavy atom. The number of carbonyl (C=O) groups excluding carboxylic acids is 1. The second kappa shape index (κ2) is 3.51. The fraction of sp³-hybridized carbons (Fsp3) is 0.375. The van der Waals surface area contributed by atoms with Crippen LogP contribution in [-0.2, 0) is 4.74 Å². The molecule has 1 saturated heterocycles. The predicted molar refractivity (Wildman–Crippen MR) is 48.4 cm³/mol. The zero-order valence-electron chi connectivity index (χ0n) is 6.74. The number of hydrogen-bond acceptors (Lipinski definition) is 4. The third-order valence-corrected chi connectivity index (χ3v) is 2.26. The van der Waals surface area contributed by atoms with Crippen molar-refractivity contribution in [1.82, 2.24) is 9.97 Å². The molecule has 5 heteroatoms. The van der Waals surface area contributed by atoms with Crippen LogP contribution in [0.15, 0.2) is 16.9 Å². The summed E-state index contributed by atoms with van der Waals surface area (Å²) >= 11 is 3.20. The lowest BCUT2D eigenvalue weighted by molar-refractivity contribution is -0.0199. The van der Waals surface area contributed by atoms with Gasteiger partial charge in [-0.2, -0.15) is 0 Å². The number of rotatable bonds is 2. The Balaban J connectivity index is 2.15. The van der Waals surface area contributed by atoms with Crippen molar-refractivity contribution < 1.29 is 9.53 Å². The molecule has 13 heavy (non-hydrogen) atoms. The number of ether oxygens (including phenoxy) is 1. The molecule has 0 bridgehead atoms. The van der Waals surface area contributed by atoms with Crippen LogP contribution < -0.4 is 0 Å². The van der Waals surface area contributed by atoms with Gasteiger partial charge in [0.05, 0.1) is 23.6 Å². The number of carbonyl (C=O) groups is 1. The van der Waals surface area contributed by atoms with Gasteiger partial charge in [0.1, 0.15) is 0 Å². The van der Waals surface area contributed by atoms with E-state index < -0.39 is 0 Å². The third-order valence-electron chi connectivity index (χ3n) is 1.85. The van der Waals surface area contributed by atoms with E-state index in [9.17, 15) is 4.79 Å². The third kappa shape index (κ3) is 1.76. The van der Waals surface area contributed by atoms with Crippen molar-refractivity contribution in [2.24, 2.45) is 5.92 Å². The van der Waals surface area contributed by atoms with E-state index in [0.717, 1.165) is 4.47 Å². The summed E-state index contributed by atoms with van der Waals surface area (Å²) < 4.78 is 5.69. The number of aromatic nitrogens is 2. The smallest absolute Gasteiger partial charge is 0.207 e. The van der Waals surface area contributed by atoms with Gasteiger partial charge in [-0.1, -0.05) is 0 Å². The maximum Gasteiger partial charge on any atom is 0.207 e. The molecule has 4 nitrogen and oxygen atoms in total. The van der Waals surface area contributed by atoms with Gasteiger partial charge in [-0.15, -0.1) is 0 Å². The van der Waals surface area contributed by atoms with Crippen LogP contribution in [0.25, 0.3) is 0 Å². The first kappa shape index (κ1) is 8.77. The number of halogens is 1. The summed E-state index contributed by atoms with van der Waals surface area (Å²) in [5, 5.41) is 0. The summed E-state index contributed by atoms with van der Waals surface area (Å²) in [5.74, 6) is 0.205. The average molecular weight is 243 g/mol. The number of nitrogens with zero attached hydrogens (tertiary/aromatic N) is 2. The van der Waals surface area contributed by atoms with E-state index >= 15 is 0 Å². The average Bonchev–Trinajstić information content (AvgIpc) is 2.02. The monoisotopic (exact) mass is 242 g/mol. The van der Waals surface area contributed by atoms with Gasteiger partial charge in [0.15, 0.2) is 5.82 Å². The molecule has 1 aliphatic heterocycles. The molecule has 68 valence electrons. The van der Waals surface area contributed by atoms with Crippen molar-refractivity contribution in [3.63, 3.8) is 0 Å². The van der Waals surface area contributed by atoms with Crippen molar-refractivity contribution >= 4 is 21.7 Å². The van der Waals surface area contributed by atoms with Crippen LogP contribution in [0.2, 0.25) is 0 Å². The summed E-state index contributed by atoms with van der Waals surface area (Å²) in [6.07, 6.45) is 3.14. The Kier molecular flexibility index (Phi) is 2.37. The second-order valence-electron chi connectivity index (χ2n) is 2.82. The molecule has 0 unspecified atom stereocenters. The Morgan fingerprint density at radius 1 is 1.46 bits per heavy atom. The van der Waals surface area contributed by atoms with Crippen molar-refractivity contribution in [2.75, 3.05) is 13.2 Å². The summed E-state index contributed by atoms with van der Waals surface area (Å²) in [5.41, 5.74) is 0. The fourth-order valence-corrected chi connectivity index (χ4v) is 1.21. The summed E-state index contributed by atoms with van der Waals surface area (Å²) in [6, 6.07) is 0. The number of hydrogen-bond donors (Lipinski definition) is 0. The quantitative estimate of drug-likeness (QED) is 0.729. The predicted octanol–water partition coefficient (Wildman–Crippen LogP) is 1.07. The maximum absolute atomic E-state index is 11.5. The molecule has 0 aliphatic carbocycles. The molecule has 0 amide bonds. The van der Waals surface area contributed by atoms with Crippen LogP contribution in [0, 0.1) is 5.92 Å². The fourth-order valence-electron chi connectivity index (χ4n) is 1.01. The Hall–Kier alpha value is -0.810. The topological polar surface area (TPSA) is 52.1 Å². The lowest BCUT2D eigenvalue weighted by atomic mass is 10.0. The minimum atomic E-state index is -0.0406. The van der Waals surface area contributed by atoms with E-state index in [1.165, 1.54) is 0 Å². The van der Waals surface area contributed by atoms with E-state index in [2.05, 4.69) is 25.9 Å². The van der Waals surface area contributed by atoms with Crippen LogP contribution >= 0.6 is 15.9 Å². The van der Waals surface area contributed by atoms with E-state index in [0.29, 0.717) is 13.2 Å². The Labute approximate surface area is 83.5 Å². The molecular weight excluding hydrogens is 236 g/mol. The van der Waals surface area contributed by atoms with Gasteiger partial charge in [0, 0.05) is 12.4 Å². The molecule has 0 aromatic carbocycles. The van der Waals surface area contributed by atoms with Crippen molar-refractivity contribution in [3.05, 3.63) is 22.7 Å². The highest BCUT2D eigenvalue weighted by atomic mass is 79.9. The lowest BCUT2D eigenvalue weighted by Gasteiger charge is -2.23. The highest BCUT2D eigenvalue weighted by Crippen LogP contribution is 2.15. The molecule has 0 radical (unpaired) electrons. The summed E-state index contributed by atoms with van der Waals surface area (Å²) in [6.45, 7) is 0.997. The highest BCUT2D eigenvalue weighted by Gasteiger charge is 2.29. The molecular formula is C8H7BrN2O2. The van der Waals surface area contributed by atoms with Crippen molar-refractivity contribution in [2.45, 2.75) is 0 Å². The van der Waals surface area contributed by atoms with Crippen LogP contribution in [0.4, 0.5) is 0 Å².